The van der Waals surface area contributed by atoms with Gasteiger partial charge in [0.1, 0.15) is 12.1 Å². The third kappa shape index (κ3) is 2.96. The molecule has 9 heteroatoms. The Morgan fingerprint density at radius 2 is 2.14 bits per heavy atom. The number of oxazole rings is 1. The normalized spacial score (nSPS) is 11.7. The van der Waals surface area contributed by atoms with Crippen molar-refractivity contribution in [2.24, 2.45) is 0 Å². The van der Waals surface area contributed by atoms with Gasteiger partial charge < -0.3 is 4.42 Å². The predicted molar refractivity (Wildman–Crippen MR) is 74.2 cm³/mol. The molecule has 21 heavy (non-hydrogen) atoms. The van der Waals surface area contributed by atoms with E-state index >= 15 is 0 Å². The minimum absolute atomic E-state index is 0.0707. The molecule has 1 N–H and O–H groups in total. The first kappa shape index (κ1) is 13.8. The second kappa shape index (κ2) is 5.30. The number of benzene rings is 1. The van der Waals surface area contributed by atoms with Crippen molar-refractivity contribution >= 4 is 21.4 Å². The molecule has 0 spiro atoms. The minimum atomic E-state index is -3.66. The predicted octanol–water partition coefficient (Wildman–Crippen LogP) is 2.09. The Hall–Kier alpha value is -2.19. The van der Waals surface area contributed by atoms with Crippen molar-refractivity contribution in [2.45, 2.75) is 10.9 Å². The fraction of sp³-hybridized carbons (Fsp3) is 0.0833. The van der Waals surface area contributed by atoms with E-state index in [0.717, 1.165) is 11.9 Å². The van der Waals surface area contributed by atoms with Gasteiger partial charge >= 0.3 is 0 Å². The van der Waals surface area contributed by atoms with Crippen molar-refractivity contribution in [1.82, 2.24) is 20.2 Å². The summed E-state index contributed by atoms with van der Waals surface area (Å²) in [5.41, 5.74) is 0.721. The van der Waals surface area contributed by atoms with Crippen LogP contribution in [0.2, 0.25) is 5.02 Å². The highest BCUT2D eigenvalue weighted by Crippen LogP contribution is 2.24. The van der Waals surface area contributed by atoms with E-state index in [1.54, 1.807) is 24.3 Å². The highest BCUT2D eigenvalue weighted by atomic mass is 35.5. The summed E-state index contributed by atoms with van der Waals surface area (Å²) in [7, 11) is -3.66. The lowest BCUT2D eigenvalue weighted by atomic mass is 10.2. The van der Waals surface area contributed by atoms with Gasteiger partial charge in [-0.05, 0) is 12.1 Å². The molecule has 0 saturated heterocycles. The second-order valence-electron chi connectivity index (χ2n) is 4.18. The topological polar surface area (TPSA) is 102 Å². The van der Waals surface area contributed by atoms with Crippen molar-refractivity contribution in [1.29, 1.82) is 0 Å². The molecule has 0 aliphatic heterocycles. The standard InChI is InChI=1S/C12H9ClN4O3S/c13-9-3-1-2-8(4-9)10-5-14-11(20-10)6-21(18,19)12-15-7-16-17-12/h1-5,7H,6H2,(H,15,16,17). The molecule has 2 aromatic heterocycles. The van der Waals surface area contributed by atoms with Crippen LogP contribution in [0.3, 0.4) is 0 Å². The summed E-state index contributed by atoms with van der Waals surface area (Å²) in [6.45, 7) is 0. The Balaban J connectivity index is 1.86. The fourth-order valence-electron chi connectivity index (χ4n) is 1.73. The molecule has 0 aliphatic carbocycles. The van der Waals surface area contributed by atoms with Crippen molar-refractivity contribution in [3.8, 4) is 11.3 Å². The third-order valence-electron chi connectivity index (χ3n) is 2.66. The van der Waals surface area contributed by atoms with Crippen LogP contribution in [-0.2, 0) is 15.6 Å². The third-order valence-corrected chi connectivity index (χ3v) is 4.31. The number of hydrogen-bond acceptors (Lipinski definition) is 6. The van der Waals surface area contributed by atoms with Gasteiger partial charge in [-0.15, -0.1) is 0 Å². The molecule has 1 aromatic carbocycles. The van der Waals surface area contributed by atoms with Gasteiger partial charge in [-0.1, -0.05) is 23.7 Å². The summed E-state index contributed by atoms with van der Waals surface area (Å²) in [4.78, 5) is 7.59. The zero-order valence-electron chi connectivity index (χ0n) is 10.5. The van der Waals surface area contributed by atoms with E-state index in [1.807, 2.05) is 0 Å². The quantitative estimate of drug-likeness (QED) is 0.788. The van der Waals surface area contributed by atoms with Crippen LogP contribution in [0.15, 0.2) is 46.4 Å². The first-order valence-electron chi connectivity index (χ1n) is 5.83. The van der Waals surface area contributed by atoms with E-state index < -0.39 is 15.6 Å². The smallest absolute Gasteiger partial charge is 0.243 e. The molecule has 7 nitrogen and oxygen atoms in total. The molecule has 3 rings (SSSR count). The average molecular weight is 325 g/mol. The Morgan fingerprint density at radius 1 is 1.29 bits per heavy atom. The molecule has 0 fully saturated rings. The van der Waals surface area contributed by atoms with Crippen LogP contribution in [0.25, 0.3) is 11.3 Å². The molecule has 0 atom stereocenters. The summed E-state index contributed by atoms with van der Waals surface area (Å²) in [6.07, 6.45) is 2.58. The van der Waals surface area contributed by atoms with Gasteiger partial charge in [0.05, 0.1) is 6.20 Å². The molecule has 3 aromatic rings. The largest absolute Gasteiger partial charge is 0.440 e. The number of sulfone groups is 1. The van der Waals surface area contributed by atoms with Crippen molar-refractivity contribution in [3.05, 3.63) is 47.7 Å². The SMILES string of the molecule is O=S(=O)(Cc1ncc(-c2cccc(Cl)c2)o1)c1ncn[nH]1. The van der Waals surface area contributed by atoms with Gasteiger partial charge in [-0.2, -0.15) is 5.10 Å². The maximum atomic E-state index is 12.0. The summed E-state index contributed by atoms with van der Waals surface area (Å²) in [5, 5.41) is 6.16. The lowest BCUT2D eigenvalue weighted by molar-refractivity contribution is 0.517. The highest BCUT2D eigenvalue weighted by Gasteiger charge is 2.21. The number of aromatic nitrogens is 4. The molecule has 2 heterocycles. The number of aromatic amines is 1. The Labute approximate surface area is 124 Å². The number of H-pyrrole nitrogens is 1. The molecule has 108 valence electrons. The van der Waals surface area contributed by atoms with Crippen LogP contribution in [0.4, 0.5) is 0 Å². The Kier molecular flexibility index (Phi) is 3.48. The van der Waals surface area contributed by atoms with E-state index in [-0.39, 0.29) is 11.0 Å². The summed E-state index contributed by atoms with van der Waals surface area (Å²) < 4.78 is 29.5. The number of nitrogens with zero attached hydrogens (tertiary/aromatic N) is 3. The molecule has 0 unspecified atom stereocenters. The summed E-state index contributed by atoms with van der Waals surface area (Å²) in [5.74, 6) is 0.115. The highest BCUT2D eigenvalue weighted by molar-refractivity contribution is 7.90. The van der Waals surface area contributed by atoms with Gasteiger partial charge in [0.15, 0.2) is 5.76 Å². The van der Waals surface area contributed by atoms with E-state index in [4.69, 9.17) is 16.0 Å². The van der Waals surface area contributed by atoms with Crippen LogP contribution < -0.4 is 0 Å². The number of hydrogen-bond donors (Lipinski definition) is 1. The first-order chi connectivity index (χ1) is 10.0. The molecule has 0 bridgehead atoms. The Morgan fingerprint density at radius 3 is 2.86 bits per heavy atom. The molecule has 0 radical (unpaired) electrons. The summed E-state index contributed by atoms with van der Waals surface area (Å²) in [6, 6.07) is 7.00. The molecule has 0 saturated carbocycles. The number of rotatable bonds is 4. The monoisotopic (exact) mass is 324 g/mol. The van der Waals surface area contributed by atoms with Crippen molar-refractivity contribution in [3.63, 3.8) is 0 Å². The van der Waals surface area contributed by atoms with E-state index in [2.05, 4.69) is 20.2 Å². The maximum Gasteiger partial charge on any atom is 0.243 e. The van der Waals surface area contributed by atoms with Gasteiger partial charge in [0.25, 0.3) is 0 Å². The maximum absolute atomic E-state index is 12.0. The molecule has 0 aliphatic rings. The fourth-order valence-corrected chi connectivity index (χ4v) is 2.91. The lowest BCUT2D eigenvalue weighted by Gasteiger charge is -1.98. The van der Waals surface area contributed by atoms with Crippen LogP contribution in [0.5, 0.6) is 0 Å². The van der Waals surface area contributed by atoms with E-state index in [9.17, 15) is 8.42 Å². The van der Waals surface area contributed by atoms with Gasteiger partial charge in [-0.25, -0.2) is 18.4 Å². The van der Waals surface area contributed by atoms with Crippen molar-refractivity contribution < 1.29 is 12.8 Å². The van der Waals surface area contributed by atoms with Gasteiger partial charge in [0, 0.05) is 10.6 Å². The van der Waals surface area contributed by atoms with E-state index in [1.165, 1.54) is 6.20 Å². The zero-order chi connectivity index (χ0) is 14.9. The number of nitrogens with one attached hydrogen (secondary N) is 1. The molecular formula is C12H9ClN4O3S. The van der Waals surface area contributed by atoms with Crippen molar-refractivity contribution in [2.75, 3.05) is 0 Å². The zero-order valence-corrected chi connectivity index (χ0v) is 12.1. The van der Waals surface area contributed by atoms with Gasteiger partial charge in [-0.3, -0.25) is 5.10 Å². The molecular weight excluding hydrogens is 316 g/mol. The van der Waals surface area contributed by atoms with Crippen LogP contribution >= 0.6 is 11.6 Å². The second-order valence-corrected chi connectivity index (χ2v) is 6.52. The van der Waals surface area contributed by atoms with Gasteiger partial charge in [0.2, 0.25) is 20.9 Å². The lowest BCUT2D eigenvalue weighted by Crippen LogP contribution is -2.07. The average Bonchev–Trinajstić information content (AvgIpc) is 3.09. The molecule has 0 amide bonds. The van der Waals surface area contributed by atoms with Crippen LogP contribution in [-0.4, -0.2) is 28.6 Å². The number of halogens is 1. The Bertz CT molecular complexity index is 858. The van der Waals surface area contributed by atoms with E-state index in [0.29, 0.717) is 10.8 Å². The van der Waals surface area contributed by atoms with Crippen LogP contribution in [0, 0.1) is 0 Å². The minimum Gasteiger partial charge on any atom is -0.440 e. The summed E-state index contributed by atoms with van der Waals surface area (Å²) >= 11 is 5.90. The first-order valence-corrected chi connectivity index (χ1v) is 7.86. The van der Waals surface area contributed by atoms with Crippen LogP contribution in [0.1, 0.15) is 5.89 Å².